The van der Waals surface area contributed by atoms with Gasteiger partial charge in [0.1, 0.15) is 11.5 Å². The molecule has 4 rings (SSSR count). The monoisotopic (exact) mass is 441 g/mol. The minimum absolute atomic E-state index is 0.129. The van der Waals surface area contributed by atoms with Gasteiger partial charge in [0.15, 0.2) is 0 Å². The lowest BCUT2D eigenvalue weighted by atomic mass is 9.99. The Hall–Kier alpha value is -2.70. The van der Waals surface area contributed by atoms with Gasteiger partial charge in [-0.15, -0.1) is 0 Å². The van der Waals surface area contributed by atoms with Crippen LogP contribution in [0.15, 0.2) is 42.1 Å². The topological polar surface area (TPSA) is 43.9 Å². The summed E-state index contributed by atoms with van der Waals surface area (Å²) in [7, 11) is 0. The van der Waals surface area contributed by atoms with Gasteiger partial charge in [0.2, 0.25) is 0 Å². The number of rotatable bonds is 4. The number of likely N-dealkylation sites (N-methyl/N-ethyl adjacent to an activating group) is 1. The fourth-order valence-corrected chi connectivity index (χ4v) is 4.29. The number of nitrogens with zero attached hydrogens (tertiary/aromatic N) is 3. The van der Waals surface area contributed by atoms with E-state index in [9.17, 15) is 14.0 Å². The van der Waals surface area contributed by atoms with Gasteiger partial charge in [-0.2, -0.15) is 0 Å². The van der Waals surface area contributed by atoms with Crippen molar-refractivity contribution in [2.45, 2.75) is 20.8 Å². The number of aryl methyl sites for hydroxylation is 2. The predicted octanol–water partition coefficient (Wildman–Crippen LogP) is 4.02. The van der Waals surface area contributed by atoms with Crippen molar-refractivity contribution >= 4 is 34.7 Å². The highest BCUT2D eigenvalue weighted by Crippen LogP contribution is 2.36. The van der Waals surface area contributed by atoms with Gasteiger partial charge in [-0.3, -0.25) is 9.59 Å². The largest absolute Gasteiger partial charge is 0.364 e. The average molecular weight is 442 g/mol. The molecule has 162 valence electrons. The first-order valence-corrected chi connectivity index (χ1v) is 10.8. The van der Waals surface area contributed by atoms with Gasteiger partial charge in [-0.05, 0) is 55.3 Å². The molecule has 2 aromatic rings. The molecule has 5 nitrogen and oxygen atoms in total. The molecule has 0 radical (unpaired) electrons. The number of carbonyl (C=O) groups is 2. The van der Waals surface area contributed by atoms with Crippen LogP contribution in [0, 0.1) is 19.7 Å². The lowest BCUT2D eigenvalue weighted by Crippen LogP contribution is -2.47. The molecule has 2 aliphatic rings. The number of hydrogen-bond donors (Lipinski definition) is 0. The van der Waals surface area contributed by atoms with Crippen molar-refractivity contribution in [2.75, 3.05) is 37.6 Å². The Kier molecular flexibility index (Phi) is 5.86. The van der Waals surface area contributed by atoms with Crippen LogP contribution in [0.5, 0.6) is 0 Å². The molecular weight excluding hydrogens is 417 g/mol. The summed E-state index contributed by atoms with van der Waals surface area (Å²) in [6, 6.07) is 9.69. The highest BCUT2D eigenvalue weighted by atomic mass is 35.5. The summed E-state index contributed by atoms with van der Waals surface area (Å²) < 4.78 is 13.7. The fraction of sp³-hybridized carbons (Fsp3) is 0.333. The number of amides is 2. The zero-order valence-electron chi connectivity index (χ0n) is 17.9. The van der Waals surface area contributed by atoms with Crippen molar-refractivity contribution < 1.29 is 14.0 Å². The third-order valence-electron chi connectivity index (χ3n) is 6.15. The van der Waals surface area contributed by atoms with Gasteiger partial charge < -0.3 is 9.80 Å². The van der Waals surface area contributed by atoms with Crippen LogP contribution in [0.3, 0.4) is 0 Å². The summed E-state index contributed by atoms with van der Waals surface area (Å²) in [6.45, 7) is 10.0. The van der Waals surface area contributed by atoms with Crippen molar-refractivity contribution in [2.24, 2.45) is 0 Å². The first-order chi connectivity index (χ1) is 14.8. The molecule has 0 unspecified atom stereocenters. The van der Waals surface area contributed by atoms with E-state index in [2.05, 4.69) is 11.8 Å². The van der Waals surface area contributed by atoms with E-state index in [1.54, 1.807) is 0 Å². The van der Waals surface area contributed by atoms with E-state index in [-0.39, 0.29) is 10.7 Å². The van der Waals surface area contributed by atoms with E-state index in [1.165, 1.54) is 18.2 Å². The number of carbonyl (C=O) groups excluding carboxylic acids is 2. The molecule has 2 aromatic carbocycles. The first kappa shape index (κ1) is 21.5. The van der Waals surface area contributed by atoms with Crippen molar-refractivity contribution in [1.29, 1.82) is 0 Å². The SMILES string of the molecule is CCN1CCN(C2=C(c3ccc(C)c(C)c3)C(=O)N(c3ccc(F)c(Cl)c3)C2=O)CC1. The first-order valence-electron chi connectivity index (χ1n) is 10.4. The molecule has 1 saturated heterocycles. The van der Waals surface area contributed by atoms with Crippen LogP contribution in [0.2, 0.25) is 5.02 Å². The quantitative estimate of drug-likeness (QED) is 0.672. The van der Waals surface area contributed by atoms with Crippen molar-refractivity contribution in [3.05, 3.63) is 69.6 Å². The normalized spacial score (nSPS) is 17.8. The maximum absolute atomic E-state index is 13.7. The van der Waals surface area contributed by atoms with Gasteiger partial charge in [-0.1, -0.05) is 36.7 Å². The summed E-state index contributed by atoms with van der Waals surface area (Å²) in [5.41, 5.74) is 3.93. The average Bonchev–Trinajstić information content (AvgIpc) is 3.02. The fourth-order valence-electron chi connectivity index (χ4n) is 4.11. The zero-order chi connectivity index (χ0) is 22.3. The number of benzene rings is 2. The molecule has 0 atom stereocenters. The van der Waals surface area contributed by atoms with Gasteiger partial charge >= 0.3 is 0 Å². The van der Waals surface area contributed by atoms with Crippen LogP contribution in [0.4, 0.5) is 10.1 Å². The molecule has 0 aromatic heterocycles. The molecule has 2 amide bonds. The summed E-state index contributed by atoms with van der Waals surface area (Å²) in [5, 5.41) is -0.129. The third-order valence-corrected chi connectivity index (χ3v) is 6.44. The Labute approximate surface area is 186 Å². The standard InChI is InChI=1S/C24H25ClFN3O2/c1-4-27-9-11-28(12-10-27)22-21(17-6-5-15(2)16(3)13-17)23(30)29(24(22)31)18-7-8-20(26)19(25)14-18/h5-8,13-14H,4,9-12H2,1-3H3. The Balaban J connectivity index is 1.81. The number of piperazine rings is 1. The molecule has 0 saturated carbocycles. The summed E-state index contributed by atoms with van der Waals surface area (Å²) >= 11 is 5.94. The molecule has 0 aliphatic carbocycles. The van der Waals surface area contributed by atoms with Crippen LogP contribution in [-0.4, -0.2) is 54.3 Å². The van der Waals surface area contributed by atoms with E-state index in [4.69, 9.17) is 11.6 Å². The molecule has 0 bridgehead atoms. The zero-order valence-corrected chi connectivity index (χ0v) is 18.7. The maximum atomic E-state index is 13.7. The molecule has 1 fully saturated rings. The Morgan fingerprint density at radius 3 is 2.26 bits per heavy atom. The maximum Gasteiger partial charge on any atom is 0.282 e. The molecule has 0 N–H and O–H groups in total. The van der Waals surface area contributed by atoms with Crippen LogP contribution in [-0.2, 0) is 9.59 Å². The molecule has 0 spiro atoms. The summed E-state index contributed by atoms with van der Waals surface area (Å²) in [4.78, 5) is 32.5. The van der Waals surface area contributed by atoms with E-state index in [1.807, 2.05) is 36.9 Å². The minimum Gasteiger partial charge on any atom is -0.364 e. The lowest BCUT2D eigenvalue weighted by Gasteiger charge is -2.36. The molecule has 2 heterocycles. The van der Waals surface area contributed by atoms with E-state index >= 15 is 0 Å². The van der Waals surface area contributed by atoms with Crippen LogP contribution in [0.25, 0.3) is 5.57 Å². The Morgan fingerprint density at radius 1 is 0.935 bits per heavy atom. The molecule has 31 heavy (non-hydrogen) atoms. The highest BCUT2D eigenvalue weighted by molar-refractivity contribution is 6.45. The van der Waals surface area contributed by atoms with Crippen LogP contribution < -0.4 is 4.90 Å². The minimum atomic E-state index is -0.595. The summed E-state index contributed by atoms with van der Waals surface area (Å²) in [5.74, 6) is -1.41. The molecule has 2 aliphatic heterocycles. The van der Waals surface area contributed by atoms with Gasteiger partial charge in [-0.25, -0.2) is 9.29 Å². The Bertz CT molecular complexity index is 1090. The predicted molar refractivity (Wildman–Crippen MR) is 120 cm³/mol. The smallest absolute Gasteiger partial charge is 0.282 e. The Morgan fingerprint density at radius 2 is 1.65 bits per heavy atom. The van der Waals surface area contributed by atoms with Crippen LogP contribution in [0.1, 0.15) is 23.6 Å². The second-order valence-electron chi connectivity index (χ2n) is 7.99. The second-order valence-corrected chi connectivity index (χ2v) is 8.40. The van der Waals surface area contributed by atoms with Crippen molar-refractivity contribution in [1.82, 2.24) is 9.80 Å². The summed E-state index contributed by atoms with van der Waals surface area (Å²) in [6.07, 6.45) is 0. The second kappa shape index (κ2) is 8.44. The lowest BCUT2D eigenvalue weighted by molar-refractivity contribution is -0.120. The van der Waals surface area contributed by atoms with Crippen molar-refractivity contribution in [3.8, 4) is 0 Å². The van der Waals surface area contributed by atoms with E-state index < -0.39 is 17.6 Å². The number of halogens is 2. The third kappa shape index (κ3) is 3.86. The van der Waals surface area contributed by atoms with Gasteiger partial charge in [0.05, 0.1) is 16.3 Å². The number of imide groups is 1. The van der Waals surface area contributed by atoms with E-state index in [0.717, 1.165) is 35.7 Å². The van der Waals surface area contributed by atoms with Gasteiger partial charge in [0, 0.05) is 26.2 Å². The highest BCUT2D eigenvalue weighted by Gasteiger charge is 2.43. The van der Waals surface area contributed by atoms with Gasteiger partial charge in [0.25, 0.3) is 11.8 Å². The molecular formula is C24H25ClFN3O2. The number of hydrogen-bond acceptors (Lipinski definition) is 4. The van der Waals surface area contributed by atoms with Crippen LogP contribution >= 0.6 is 11.6 Å². The number of anilines is 1. The van der Waals surface area contributed by atoms with E-state index in [0.29, 0.717) is 29.9 Å². The van der Waals surface area contributed by atoms with Crippen molar-refractivity contribution in [3.63, 3.8) is 0 Å². The molecule has 7 heteroatoms.